The molecule has 8 heteroatoms. The quantitative estimate of drug-likeness (QED) is 0.770. The number of H-pyrrole nitrogens is 1. The fourth-order valence-electron chi connectivity index (χ4n) is 4.90. The molecule has 0 radical (unpaired) electrons. The molecule has 3 saturated carbocycles. The van der Waals surface area contributed by atoms with Gasteiger partial charge in [0.15, 0.2) is 21.1 Å². The summed E-state index contributed by atoms with van der Waals surface area (Å²) in [4.78, 5) is 7.50. The van der Waals surface area contributed by atoms with Crippen molar-refractivity contribution in [1.29, 1.82) is 0 Å². The summed E-state index contributed by atoms with van der Waals surface area (Å²) < 4.78 is 26.9. The Bertz CT molecular complexity index is 1100. The third kappa shape index (κ3) is 2.03. The number of hydrogen-bond acceptors (Lipinski definition) is 5. The second-order valence-electron chi connectivity index (χ2n) is 7.92. The van der Waals surface area contributed by atoms with Gasteiger partial charge < -0.3 is 4.98 Å². The molecule has 3 aromatic rings. The van der Waals surface area contributed by atoms with Gasteiger partial charge in [0.2, 0.25) is 0 Å². The first-order valence-corrected chi connectivity index (χ1v) is 10.7. The molecule has 3 heterocycles. The highest BCUT2D eigenvalue weighted by Crippen LogP contribution is 2.62. The minimum Gasteiger partial charge on any atom is -0.345 e. The monoisotopic (exact) mass is 357 g/mol. The van der Waals surface area contributed by atoms with Crippen molar-refractivity contribution in [2.45, 2.75) is 36.9 Å². The highest BCUT2D eigenvalue weighted by Gasteiger charge is 2.57. The van der Waals surface area contributed by atoms with Crippen LogP contribution in [-0.4, -0.2) is 44.0 Å². The van der Waals surface area contributed by atoms with Crippen LogP contribution < -0.4 is 0 Å². The molecule has 0 aromatic carbocycles. The van der Waals surface area contributed by atoms with Crippen LogP contribution in [0, 0.1) is 17.8 Å². The summed E-state index contributed by atoms with van der Waals surface area (Å²) in [5, 5.41) is 8.72. The van der Waals surface area contributed by atoms with Crippen LogP contribution in [0.1, 0.15) is 37.4 Å². The van der Waals surface area contributed by atoms with Crippen molar-refractivity contribution in [3.05, 3.63) is 24.3 Å². The minimum atomic E-state index is -2.90. The Kier molecular flexibility index (Phi) is 2.62. The number of hydrogen-bond donors (Lipinski definition) is 1. The number of nitrogens with one attached hydrogen (secondary N) is 1. The number of rotatable bonds is 4. The Hall–Kier alpha value is -1.96. The zero-order valence-corrected chi connectivity index (χ0v) is 14.5. The van der Waals surface area contributed by atoms with Gasteiger partial charge in [-0.25, -0.2) is 13.4 Å². The van der Waals surface area contributed by atoms with Crippen molar-refractivity contribution in [3.63, 3.8) is 0 Å². The average Bonchev–Trinajstić information content (AvgIpc) is 3.46. The lowest BCUT2D eigenvalue weighted by atomic mass is 9.98. The molecular weight excluding hydrogens is 338 g/mol. The average molecular weight is 357 g/mol. The topological polar surface area (TPSA) is 93.0 Å². The van der Waals surface area contributed by atoms with Crippen LogP contribution in [0.3, 0.4) is 0 Å². The lowest BCUT2D eigenvalue weighted by molar-refractivity contribution is 0.486. The first-order chi connectivity index (χ1) is 12.1. The van der Waals surface area contributed by atoms with Crippen molar-refractivity contribution >= 4 is 26.6 Å². The standard InChI is InChI=1S/C17H19N5O2S/c23-25(24,10-1-2-10)8-9-5-13(12-6-11(9)12)17-21-20-15-7-19-16-14(22(15)17)3-4-18-16/h3-4,7,9-13,18H,1-2,5-6,8H2/t9-,11-,12-,13-/m0/s1. The molecule has 0 saturated heterocycles. The molecule has 6 rings (SSSR count). The maximum atomic E-state index is 12.4. The van der Waals surface area contributed by atoms with Crippen LogP contribution in [0.2, 0.25) is 0 Å². The van der Waals surface area contributed by atoms with Gasteiger partial charge in [-0.15, -0.1) is 10.2 Å². The Morgan fingerprint density at radius 2 is 2.08 bits per heavy atom. The number of fused-ring (bicyclic) bond motifs is 4. The van der Waals surface area contributed by atoms with Gasteiger partial charge in [-0.2, -0.15) is 0 Å². The summed E-state index contributed by atoms with van der Waals surface area (Å²) >= 11 is 0. The van der Waals surface area contributed by atoms with Crippen molar-refractivity contribution in [2.24, 2.45) is 17.8 Å². The third-order valence-electron chi connectivity index (χ3n) is 6.35. The van der Waals surface area contributed by atoms with Crippen molar-refractivity contribution in [3.8, 4) is 0 Å². The van der Waals surface area contributed by atoms with Gasteiger partial charge in [0.05, 0.1) is 22.7 Å². The van der Waals surface area contributed by atoms with E-state index in [1.165, 1.54) is 0 Å². The summed E-state index contributed by atoms with van der Waals surface area (Å²) in [5.74, 6) is 3.05. The minimum absolute atomic E-state index is 0.0526. The Morgan fingerprint density at radius 3 is 2.92 bits per heavy atom. The molecule has 3 fully saturated rings. The smallest absolute Gasteiger partial charge is 0.179 e. The molecule has 130 valence electrons. The Labute approximate surface area is 144 Å². The van der Waals surface area contributed by atoms with E-state index in [1.54, 1.807) is 6.20 Å². The largest absolute Gasteiger partial charge is 0.345 e. The molecule has 0 aliphatic heterocycles. The van der Waals surface area contributed by atoms with Crippen molar-refractivity contribution in [1.82, 2.24) is 24.6 Å². The van der Waals surface area contributed by atoms with Crippen LogP contribution >= 0.6 is 0 Å². The van der Waals surface area contributed by atoms with Crippen LogP contribution in [0.15, 0.2) is 18.5 Å². The summed E-state index contributed by atoms with van der Waals surface area (Å²) in [6.07, 6.45) is 7.38. The van der Waals surface area contributed by atoms with E-state index in [-0.39, 0.29) is 11.2 Å². The van der Waals surface area contributed by atoms with Gasteiger partial charge in [-0.3, -0.25) is 4.40 Å². The summed E-state index contributed by atoms with van der Waals surface area (Å²) in [5.41, 5.74) is 2.57. The first-order valence-electron chi connectivity index (χ1n) is 9.00. The van der Waals surface area contributed by atoms with E-state index in [2.05, 4.69) is 24.6 Å². The van der Waals surface area contributed by atoms with E-state index in [1.807, 2.05) is 12.3 Å². The maximum absolute atomic E-state index is 12.4. The predicted molar refractivity (Wildman–Crippen MR) is 91.9 cm³/mol. The molecule has 3 aliphatic carbocycles. The van der Waals surface area contributed by atoms with Crippen molar-refractivity contribution < 1.29 is 8.42 Å². The van der Waals surface area contributed by atoms with Crippen LogP contribution in [0.25, 0.3) is 16.8 Å². The third-order valence-corrected chi connectivity index (χ3v) is 8.73. The summed E-state index contributed by atoms with van der Waals surface area (Å²) in [7, 11) is -2.90. The molecule has 7 nitrogen and oxygen atoms in total. The van der Waals surface area contributed by atoms with Crippen LogP contribution in [-0.2, 0) is 9.84 Å². The molecule has 4 atom stereocenters. The zero-order valence-electron chi connectivity index (χ0n) is 13.7. The highest BCUT2D eigenvalue weighted by molar-refractivity contribution is 7.92. The number of sulfone groups is 1. The molecule has 3 aromatic heterocycles. The Balaban J connectivity index is 1.37. The van der Waals surface area contributed by atoms with E-state index < -0.39 is 9.84 Å². The molecule has 0 bridgehead atoms. The summed E-state index contributed by atoms with van der Waals surface area (Å²) in [6, 6.07) is 2.00. The maximum Gasteiger partial charge on any atom is 0.179 e. The normalized spacial score (nSPS) is 31.7. The summed E-state index contributed by atoms with van der Waals surface area (Å²) in [6.45, 7) is 0. The first kappa shape index (κ1) is 14.2. The molecular formula is C17H19N5O2S. The molecule has 0 unspecified atom stereocenters. The molecule has 1 N–H and O–H groups in total. The SMILES string of the molecule is O=S(=O)(C[C@@H]1C[C@H](c2nnc3cnc4[nH]ccc4n23)[C@H]2C[C@@H]12)C1CC1. The molecule has 25 heavy (non-hydrogen) atoms. The predicted octanol–water partition coefficient (Wildman–Crippen LogP) is 1.92. The second-order valence-corrected chi connectivity index (χ2v) is 10.2. The van der Waals surface area contributed by atoms with E-state index in [4.69, 9.17) is 0 Å². The van der Waals surface area contributed by atoms with Gasteiger partial charge >= 0.3 is 0 Å². The van der Waals surface area contributed by atoms with E-state index in [9.17, 15) is 8.42 Å². The zero-order chi connectivity index (χ0) is 16.8. The number of nitrogens with zero attached hydrogens (tertiary/aromatic N) is 4. The van der Waals surface area contributed by atoms with Gasteiger partial charge in [0.1, 0.15) is 5.82 Å². The second kappa shape index (κ2) is 4.60. The van der Waals surface area contributed by atoms with Crippen LogP contribution in [0.4, 0.5) is 0 Å². The van der Waals surface area contributed by atoms with E-state index in [0.29, 0.717) is 23.5 Å². The lowest BCUT2D eigenvalue weighted by Gasteiger charge is -2.15. The van der Waals surface area contributed by atoms with Gasteiger partial charge in [-0.1, -0.05) is 0 Å². The van der Waals surface area contributed by atoms with Gasteiger partial charge in [-0.05, 0) is 49.5 Å². The van der Waals surface area contributed by atoms with Gasteiger partial charge in [0, 0.05) is 12.1 Å². The van der Waals surface area contributed by atoms with E-state index >= 15 is 0 Å². The molecule has 0 spiro atoms. The van der Waals surface area contributed by atoms with Crippen LogP contribution in [0.5, 0.6) is 0 Å². The lowest BCUT2D eigenvalue weighted by Crippen LogP contribution is -2.20. The van der Waals surface area contributed by atoms with Gasteiger partial charge in [0.25, 0.3) is 0 Å². The molecule has 3 aliphatic rings. The number of aromatic amines is 1. The number of aromatic nitrogens is 5. The molecule has 0 amide bonds. The fraction of sp³-hybridized carbons (Fsp3) is 0.588. The van der Waals surface area contributed by atoms with E-state index in [0.717, 1.165) is 48.3 Å². The fourth-order valence-corrected chi connectivity index (χ4v) is 7.01. The van der Waals surface area contributed by atoms with Crippen molar-refractivity contribution in [2.75, 3.05) is 5.75 Å². The Morgan fingerprint density at radius 1 is 1.20 bits per heavy atom. The highest BCUT2D eigenvalue weighted by atomic mass is 32.2.